The number of nitrogens with zero attached hydrogens (tertiary/aromatic N) is 4. The Hall–Kier alpha value is -2.99. The van der Waals surface area contributed by atoms with E-state index in [0.717, 1.165) is 51.0 Å². The molecule has 0 saturated carbocycles. The molecule has 1 aromatic heterocycles. The van der Waals surface area contributed by atoms with Crippen LogP contribution in [0, 0.1) is 6.92 Å². The van der Waals surface area contributed by atoms with Crippen molar-refractivity contribution < 1.29 is 9.32 Å². The van der Waals surface area contributed by atoms with E-state index < -0.39 is 0 Å². The van der Waals surface area contributed by atoms with E-state index in [1.807, 2.05) is 29.2 Å². The summed E-state index contributed by atoms with van der Waals surface area (Å²) in [4.78, 5) is 22.1. The highest BCUT2D eigenvalue weighted by Crippen LogP contribution is 2.33. The minimum absolute atomic E-state index is 0.0181. The van der Waals surface area contributed by atoms with E-state index in [4.69, 9.17) is 4.52 Å². The van der Waals surface area contributed by atoms with E-state index in [-0.39, 0.29) is 11.8 Å². The van der Waals surface area contributed by atoms with Gasteiger partial charge in [0.1, 0.15) is 0 Å². The number of amides is 1. The average molecular weight is 417 g/mol. The molecule has 160 valence electrons. The smallest absolute Gasteiger partial charge is 0.241 e. The van der Waals surface area contributed by atoms with Gasteiger partial charge in [0.2, 0.25) is 17.6 Å². The highest BCUT2D eigenvalue weighted by molar-refractivity contribution is 5.84. The van der Waals surface area contributed by atoms with Gasteiger partial charge in [0.25, 0.3) is 0 Å². The molecule has 2 aliphatic rings. The number of rotatable bonds is 4. The monoisotopic (exact) mass is 416 g/mol. The Kier molecular flexibility index (Phi) is 5.55. The normalized spacial score (nSPS) is 19.3. The first-order valence-electron chi connectivity index (χ1n) is 11.2. The first-order chi connectivity index (χ1) is 15.2. The molecule has 1 saturated heterocycles. The third kappa shape index (κ3) is 4.26. The van der Waals surface area contributed by atoms with Crippen molar-refractivity contribution in [3.63, 3.8) is 0 Å². The number of piperazine rings is 1. The van der Waals surface area contributed by atoms with Crippen LogP contribution >= 0.6 is 0 Å². The minimum atomic E-state index is 0.0181. The number of benzene rings is 2. The van der Waals surface area contributed by atoms with Crippen LogP contribution in [0.2, 0.25) is 0 Å². The summed E-state index contributed by atoms with van der Waals surface area (Å²) in [5, 5.41) is 4.13. The fourth-order valence-electron chi connectivity index (χ4n) is 4.69. The van der Waals surface area contributed by atoms with Gasteiger partial charge < -0.3 is 9.42 Å². The van der Waals surface area contributed by atoms with Crippen LogP contribution in [0.5, 0.6) is 0 Å². The fourth-order valence-corrected chi connectivity index (χ4v) is 4.69. The molecule has 0 spiro atoms. The third-order valence-corrected chi connectivity index (χ3v) is 6.49. The summed E-state index contributed by atoms with van der Waals surface area (Å²) in [5.41, 5.74) is 4.74. The summed E-state index contributed by atoms with van der Waals surface area (Å²) < 4.78 is 5.48. The Morgan fingerprint density at radius 1 is 1.06 bits per heavy atom. The Morgan fingerprint density at radius 2 is 1.84 bits per heavy atom. The number of aromatic nitrogens is 2. The molecule has 2 aromatic carbocycles. The van der Waals surface area contributed by atoms with Crippen molar-refractivity contribution in [3.05, 3.63) is 71.1 Å². The van der Waals surface area contributed by atoms with Gasteiger partial charge in [0, 0.05) is 31.7 Å². The quantitative estimate of drug-likeness (QED) is 0.647. The Morgan fingerprint density at radius 3 is 2.65 bits per heavy atom. The van der Waals surface area contributed by atoms with Crippen LogP contribution in [0.3, 0.4) is 0 Å². The third-order valence-electron chi connectivity index (χ3n) is 6.49. The van der Waals surface area contributed by atoms with Crippen molar-refractivity contribution in [1.82, 2.24) is 19.9 Å². The molecule has 6 heteroatoms. The van der Waals surface area contributed by atoms with Gasteiger partial charge in [-0.15, -0.1) is 0 Å². The van der Waals surface area contributed by atoms with Gasteiger partial charge in [-0.3, -0.25) is 9.69 Å². The molecule has 0 radical (unpaired) electrons. The zero-order valence-corrected chi connectivity index (χ0v) is 18.0. The van der Waals surface area contributed by atoms with Gasteiger partial charge in [-0.05, 0) is 37.3 Å². The predicted molar refractivity (Wildman–Crippen MR) is 118 cm³/mol. The number of hydrogen-bond acceptors (Lipinski definition) is 5. The lowest BCUT2D eigenvalue weighted by atomic mass is 9.82. The van der Waals surface area contributed by atoms with Crippen LogP contribution in [0.1, 0.15) is 41.3 Å². The molecule has 1 aliphatic heterocycles. The van der Waals surface area contributed by atoms with Crippen molar-refractivity contribution >= 4 is 5.91 Å². The van der Waals surface area contributed by atoms with Gasteiger partial charge >= 0.3 is 0 Å². The summed E-state index contributed by atoms with van der Waals surface area (Å²) in [6.07, 6.45) is 3.14. The lowest BCUT2D eigenvalue weighted by Crippen LogP contribution is -2.49. The van der Waals surface area contributed by atoms with E-state index in [9.17, 15) is 4.79 Å². The van der Waals surface area contributed by atoms with E-state index in [1.54, 1.807) is 0 Å². The number of aryl methyl sites for hydroxylation is 2. The second-order valence-corrected chi connectivity index (χ2v) is 8.62. The molecular formula is C25H28N4O2. The van der Waals surface area contributed by atoms with Crippen molar-refractivity contribution in [1.29, 1.82) is 0 Å². The van der Waals surface area contributed by atoms with Crippen LogP contribution in [0.15, 0.2) is 53.1 Å². The summed E-state index contributed by atoms with van der Waals surface area (Å²) in [7, 11) is 0. The number of carbonyl (C=O) groups is 1. The first kappa shape index (κ1) is 19.9. The molecule has 0 N–H and O–H groups in total. The number of fused-ring (bicyclic) bond motifs is 1. The molecular weight excluding hydrogens is 388 g/mol. The van der Waals surface area contributed by atoms with Crippen molar-refractivity contribution in [2.75, 3.05) is 26.2 Å². The lowest BCUT2D eigenvalue weighted by molar-refractivity contribution is -0.135. The Bertz CT molecular complexity index is 1050. The highest BCUT2D eigenvalue weighted by atomic mass is 16.5. The Balaban J connectivity index is 1.18. The zero-order chi connectivity index (χ0) is 21.2. The van der Waals surface area contributed by atoms with Gasteiger partial charge in [0.15, 0.2) is 0 Å². The summed E-state index contributed by atoms with van der Waals surface area (Å²) in [5.74, 6) is 1.55. The van der Waals surface area contributed by atoms with Crippen molar-refractivity contribution in [2.24, 2.45) is 0 Å². The maximum atomic E-state index is 13.2. The van der Waals surface area contributed by atoms with Crippen LogP contribution in [0.4, 0.5) is 0 Å². The van der Waals surface area contributed by atoms with Gasteiger partial charge in [0.05, 0.1) is 12.5 Å². The summed E-state index contributed by atoms with van der Waals surface area (Å²) >= 11 is 0. The molecule has 31 heavy (non-hydrogen) atoms. The van der Waals surface area contributed by atoms with E-state index in [0.29, 0.717) is 18.3 Å². The van der Waals surface area contributed by atoms with Crippen molar-refractivity contribution in [2.45, 2.75) is 38.6 Å². The molecule has 0 bridgehead atoms. The molecule has 6 nitrogen and oxygen atoms in total. The molecule has 1 aliphatic carbocycles. The standard InChI is InChI=1S/C25H28N4O2/c1-18-9-11-20(12-10-18)24-26-23(31-27-24)17-28-13-15-29(16-14-28)25(30)22-8-4-6-19-5-2-3-7-21(19)22/h2-3,5,7,9-12,22H,4,6,8,13-17H2,1H3. The molecule has 3 aromatic rings. The van der Waals surface area contributed by atoms with Crippen molar-refractivity contribution in [3.8, 4) is 11.4 Å². The molecule has 1 amide bonds. The highest BCUT2D eigenvalue weighted by Gasteiger charge is 2.31. The molecule has 1 atom stereocenters. The van der Waals surface area contributed by atoms with Gasteiger partial charge in [-0.1, -0.05) is 59.3 Å². The molecule has 2 heterocycles. The lowest BCUT2D eigenvalue weighted by Gasteiger charge is -2.37. The van der Waals surface area contributed by atoms with Crippen LogP contribution in [0.25, 0.3) is 11.4 Å². The maximum Gasteiger partial charge on any atom is 0.241 e. The largest absolute Gasteiger partial charge is 0.340 e. The minimum Gasteiger partial charge on any atom is -0.340 e. The SMILES string of the molecule is Cc1ccc(-c2noc(CN3CCN(C(=O)C4CCCc5ccccc54)CC3)n2)cc1. The topological polar surface area (TPSA) is 62.5 Å². The second kappa shape index (κ2) is 8.63. The first-order valence-corrected chi connectivity index (χ1v) is 11.2. The summed E-state index contributed by atoms with van der Waals surface area (Å²) in [6, 6.07) is 16.6. The van der Waals surface area contributed by atoms with E-state index in [2.05, 4.69) is 46.2 Å². The van der Waals surface area contributed by atoms with Gasteiger partial charge in [-0.25, -0.2) is 0 Å². The second-order valence-electron chi connectivity index (χ2n) is 8.62. The van der Waals surface area contributed by atoms with Crippen LogP contribution < -0.4 is 0 Å². The molecule has 1 fully saturated rings. The maximum absolute atomic E-state index is 13.2. The predicted octanol–water partition coefficient (Wildman–Crippen LogP) is 3.81. The molecule has 1 unspecified atom stereocenters. The average Bonchev–Trinajstić information content (AvgIpc) is 3.27. The number of carbonyl (C=O) groups excluding carboxylic acids is 1. The van der Waals surface area contributed by atoms with E-state index >= 15 is 0 Å². The fraction of sp³-hybridized carbons (Fsp3) is 0.400. The van der Waals surface area contributed by atoms with Crippen LogP contribution in [-0.2, 0) is 17.8 Å². The van der Waals surface area contributed by atoms with Crippen LogP contribution in [-0.4, -0.2) is 52.0 Å². The number of hydrogen-bond donors (Lipinski definition) is 0. The molecule has 5 rings (SSSR count). The van der Waals surface area contributed by atoms with Gasteiger partial charge in [-0.2, -0.15) is 4.98 Å². The summed E-state index contributed by atoms with van der Waals surface area (Å²) in [6.45, 7) is 5.81. The Labute approximate surface area is 182 Å². The van der Waals surface area contributed by atoms with E-state index in [1.165, 1.54) is 16.7 Å². The zero-order valence-electron chi connectivity index (χ0n) is 18.0.